The fourth-order valence-electron chi connectivity index (χ4n) is 2.66. The molecule has 1 saturated carbocycles. The molecule has 0 bridgehead atoms. The fraction of sp³-hybridized carbons (Fsp3) is 0.600. The zero-order valence-electron chi connectivity index (χ0n) is 11.7. The number of hydrogen-bond donors (Lipinski definition) is 1. The number of aromatic nitrogens is 1. The lowest BCUT2D eigenvalue weighted by molar-refractivity contribution is 0.0600. The van der Waals surface area contributed by atoms with Gasteiger partial charge in [0.2, 0.25) is 0 Å². The Morgan fingerprint density at radius 3 is 2.79 bits per heavy atom. The van der Waals surface area contributed by atoms with Crippen LogP contribution in [0.5, 0.6) is 0 Å². The van der Waals surface area contributed by atoms with Crippen LogP contribution in [0.15, 0.2) is 18.3 Å². The minimum Gasteiger partial charge on any atom is -0.465 e. The molecule has 19 heavy (non-hydrogen) atoms. The third kappa shape index (κ3) is 3.77. The quantitative estimate of drug-likeness (QED) is 0.828. The molecular weight excluding hydrogens is 240 g/mol. The minimum atomic E-state index is -0.341. The highest BCUT2D eigenvalue weighted by Gasteiger charge is 2.20. The number of carbonyl (C=O) groups is 1. The highest BCUT2D eigenvalue weighted by molar-refractivity contribution is 5.88. The predicted octanol–water partition coefficient (Wildman–Crippen LogP) is 2.54. The molecule has 1 N–H and O–H groups in total. The summed E-state index contributed by atoms with van der Waals surface area (Å²) in [5, 5.41) is 3.52. The first-order chi connectivity index (χ1) is 9.20. The number of pyridine rings is 1. The number of ether oxygens (including phenoxy) is 1. The summed E-state index contributed by atoms with van der Waals surface area (Å²) in [6, 6.07) is 4.17. The Morgan fingerprint density at radius 1 is 1.47 bits per heavy atom. The molecule has 0 aliphatic heterocycles. The van der Waals surface area contributed by atoms with Crippen molar-refractivity contribution in [3.05, 3.63) is 29.6 Å². The molecule has 1 aromatic rings. The summed E-state index contributed by atoms with van der Waals surface area (Å²) in [5.74, 6) is 0.459. The predicted molar refractivity (Wildman–Crippen MR) is 73.8 cm³/mol. The molecule has 0 radical (unpaired) electrons. The Hall–Kier alpha value is -1.42. The Morgan fingerprint density at radius 2 is 2.21 bits per heavy atom. The maximum absolute atomic E-state index is 11.3. The molecule has 1 fully saturated rings. The second kappa shape index (κ2) is 6.66. The first-order valence-corrected chi connectivity index (χ1v) is 6.97. The molecule has 0 aromatic carbocycles. The number of hydrogen-bond acceptors (Lipinski definition) is 4. The molecule has 1 aliphatic carbocycles. The van der Waals surface area contributed by atoms with Crippen LogP contribution in [-0.2, 0) is 11.3 Å². The molecule has 4 nitrogen and oxygen atoms in total. The Balaban J connectivity index is 1.84. The highest BCUT2D eigenvalue weighted by Crippen LogP contribution is 2.27. The topological polar surface area (TPSA) is 51.2 Å². The van der Waals surface area contributed by atoms with Crippen LogP contribution in [0.2, 0.25) is 0 Å². The van der Waals surface area contributed by atoms with Crippen molar-refractivity contribution in [1.29, 1.82) is 0 Å². The van der Waals surface area contributed by atoms with E-state index in [9.17, 15) is 4.79 Å². The monoisotopic (exact) mass is 262 g/mol. The maximum atomic E-state index is 11.3. The number of nitrogens with zero attached hydrogens (tertiary/aromatic N) is 1. The van der Waals surface area contributed by atoms with Gasteiger partial charge in [-0.1, -0.05) is 12.8 Å². The molecule has 104 valence electrons. The van der Waals surface area contributed by atoms with Crippen LogP contribution < -0.4 is 5.32 Å². The van der Waals surface area contributed by atoms with Crippen molar-refractivity contribution in [2.45, 2.75) is 45.2 Å². The van der Waals surface area contributed by atoms with Crippen LogP contribution >= 0.6 is 0 Å². The third-order valence-electron chi connectivity index (χ3n) is 3.96. The van der Waals surface area contributed by atoms with Crippen molar-refractivity contribution in [3.8, 4) is 0 Å². The molecule has 0 unspecified atom stereocenters. The van der Waals surface area contributed by atoms with Gasteiger partial charge in [0, 0.05) is 18.8 Å². The fourth-order valence-corrected chi connectivity index (χ4v) is 2.66. The van der Waals surface area contributed by atoms with E-state index in [2.05, 4.69) is 22.0 Å². The van der Waals surface area contributed by atoms with E-state index in [1.165, 1.54) is 32.8 Å². The average Bonchev–Trinajstić information content (AvgIpc) is 2.98. The summed E-state index contributed by atoms with van der Waals surface area (Å²) < 4.78 is 4.65. The van der Waals surface area contributed by atoms with Gasteiger partial charge in [-0.25, -0.2) is 4.79 Å². The van der Waals surface area contributed by atoms with Crippen LogP contribution in [0, 0.1) is 5.92 Å². The van der Waals surface area contributed by atoms with Gasteiger partial charge in [-0.05, 0) is 37.8 Å². The first kappa shape index (κ1) is 14.0. The molecule has 1 aliphatic rings. The van der Waals surface area contributed by atoms with Crippen LogP contribution in [0.25, 0.3) is 0 Å². The molecule has 0 saturated heterocycles. The van der Waals surface area contributed by atoms with Crippen molar-refractivity contribution in [2.24, 2.45) is 5.92 Å². The van der Waals surface area contributed by atoms with Crippen molar-refractivity contribution >= 4 is 5.97 Å². The van der Waals surface area contributed by atoms with E-state index in [0.29, 0.717) is 11.6 Å². The van der Waals surface area contributed by atoms with Gasteiger partial charge >= 0.3 is 5.97 Å². The largest absolute Gasteiger partial charge is 0.465 e. The SMILES string of the molecule is COC(=O)c1ccc(CN[C@@H](C)C2CCCC2)nc1. The number of esters is 1. The van der Waals surface area contributed by atoms with Crippen molar-refractivity contribution in [1.82, 2.24) is 10.3 Å². The number of carbonyl (C=O) groups excluding carboxylic acids is 1. The van der Waals surface area contributed by atoms with E-state index >= 15 is 0 Å². The second-order valence-corrected chi connectivity index (χ2v) is 5.24. The summed E-state index contributed by atoms with van der Waals surface area (Å²) in [7, 11) is 1.38. The number of rotatable bonds is 5. The van der Waals surface area contributed by atoms with Crippen LogP contribution in [-0.4, -0.2) is 24.1 Å². The normalized spacial score (nSPS) is 17.4. The van der Waals surface area contributed by atoms with Gasteiger partial charge in [-0.2, -0.15) is 0 Å². The number of nitrogens with one attached hydrogen (secondary N) is 1. The van der Waals surface area contributed by atoms with Crippen molar-refractivity contribution < 1.29 is 9.53 Å². The summed E-state index contributed by atoms with van der Waals surface area (Å²) in [5.41, 5.74) is 1.45. The zero-order valence-corrected chi connectivity index (χ0v) is 11.7. The highest BCUT2D eigenvalue weighted by atomic mass is 16.5. The maximum Gasteiger partial charge on any atom is 0.339 e. The second-order valence-electron chi connectivity index (χ2n) is 5.24. The average molecular weight is 262 g/mol. The molecule has 2 rings (SSSR count). The molecule has 1 atom stereocenters. The number of methoxy groups -OCH3 is 1. The minimum absolute atomic E-state index is 0.341. The first-order valence-electron chi connectivity index (χ1n) is 6.97. The van der Waals surface area contributed by atoms with Gasteiger partial charge in [-0.3, -0.25) is 4.98 Å². The van der Waals surface area contributed by atoms with Gasteiger partial charge in [0.25, 0.3) is 0 Å². The summed E-state index contributed by atoms with van der Waals surface area (Å²) in [6.07, 6.45) is 6.97. The van der Waals surface area contributed by atoms with Crippen LogP contribution in [0.3, 0.4) is 0 Å². The molecular formula is C15H22N2O2. The van der Waals surface area contributed by atoms with E-state index < -0.39 is 0 Å². The van der Waals surface area contributed by atoms with E-state index in [0.717, 1.165) is 18.2 Å². The summed E-state index contributed by atoms with van der Waals surface area (Å²) in [6.45, 7) is 3.00. The smallest absolute Gasteiger partial charge is 0.339 e. The van der Waals surface area contributed by atoms with Crippen molar-refractivity contribution in [3.63, 3.8) is 0 Å². The molecule has 1 heterocycles. The van der Waals surface area contributed by atoms with Crippen LogP contribution in [0.4, 0.5) is 0 Å². The summed E-state index contributed by atoms with van der Waals surface area (Å²) >= 11 is 0. The van der Waals surface area contributed by atoms with Gasteiger partial charge in [-0.15, -0.1) is 0 Å². The molecule has 4 heteroatoms. The van der Waals surface area contributed by atoms with E-state index in [-0.39, 0.29) is 5.97 Å². The van der Waals surface area contributed by atoms with Gasteiger partial charge in [0.05, 0.1) is 18.4 Å². The summed E-state index contributed by atoms with van der Waals surface area (Å²) in [4.78, 5) is 15.6. The molecule has 0 spiro atoms. The van der Waals surface area contributed by atoms with E-state index in [1.54, 1.807) is 12.3 Å². The Bertz CT molecular complexity index is 411. The van der Waals surface area contributed by atoms with E-state index in [1.807, 2.05) is 6.07 Å². The van der Waals surface area contributed by atoms with Gasteiger partial charge in [0.15, 0.2) is 0 Å². The van der Waals surface area contributed by atoms with Gasteiger partial charge in [0.1, 0.15) is 0 Å². The standard InChI is InChI=1S/C15H22N2O2/c1-11(12-5-3-4-6-12)16-10-14-8-7-13(9-17-14)15(18)19-2/h7-9,11-12,16H,3-6,10H2,1-2H3/t11-/m0/s1. The lowest BCUT2D eigenvalue weighted by atomic mass is 10.00. The molecule has 0 amide bonds. The lowest BCUT2D eigenvalue weighted by Crippen LogP contribution is -2.32. The molecule has 1 aromatic heterocycles. The van der Waals surface area contributed by atoms with Crippen LogP contribution in [0.1, 0.15) is 48.7 Å². The van der Waals surface area contributed by atoms with Gasteiger partial charge < -0.3 is 10.1 Å². The third-order valence-corrected chi connectivity index (χ3v) is 3.96. The zero-order chi connectivity index (χ0) is 13.7. The Kier molecular flexibility index (Phi) is 4.91. The van der Waals surface area contributed by atoms with E-state index in [4.69, 9.17) is 0 Å². The Labute approximate surface area is 114 Å². The lowest BCUT2D eigenvalue weighted by Gasteiger charge is -2.20. The van der Waals surface area contributed by atoms with Crippen molar-refractivity contribution in [2.75, 3.05) is 7.11 Å².